The molecule has 1 aliphatic rings. The summed E-state index contributed by atoms with van der Waals surface area (Å²) in [5, 5.41) is 7.58. The van der Waals surface area contributed by atoms with Crippen molar-refractivity contribution in [2.75, 3.05) is 13.2 Å². The Bertz CT molecular complexity index is 1010. The number of benzene rings is 2. The zero-order valence-corrected chi connectivity index (χ0v) is 17.4. The van der Waals surface area contributed by atoms with Gasteiger partial charge in [-0.05, 0) is 43.0 Å². The molecule has 0 saturated carbocycles. The minimum Gasteiger partial charge on any atom is -0.486 e. The fraction of sp³-hybridized carbons (Fsp3) is 0.333. The highest BCUT2D eigenvalue weighted by Gasteiger charge is 2.22. The third-order valence-electron chi connectivity index (χ3n) is 5.34. The third kappa shape index (κ3) is 4.32. The normalized spacial score (nSPS) is 13.7. The molecule has 156 valence electrons. The average molecular weight is 405 g/mol. The zero-order valence-electron chi connectivity index (χ0n) is 17.4. The Morgan fingerprint density at radius 1 is 1.13 bits per heavy atom. The van der Waals surface area contributed by atoms with E-state index in [0.29, 0.717) is 25.2 Å². The van der Waals surface area contributed by atoms with Gasteiger partial charge in [0, 0.05) is 12.2 Å². The van der Waals surface area contributed by atoms with Gasteiger partial charge in [-0.3, -0.25) is 9.48 Å². The number of aryl methyl sites for hydroxylation is 1. The molecule has 0 saturated heterocycles. The highest BCUT2D eigenvalue weighted by atomic mass is 16.6. The fourth-order valence-corrected chi connectivity index (χ4v) is 3.72. The summed E-state index contributed by atoms with van der Waals surface area (Å²) in [7, 11) is 0. The van der Waals surface area contributed by atoms with Crippen molar-refractivity contribution in [3.05, 3.63) is 77.1 Å². The minimum absolute atomic E-state index is 0.120. The lowest BCUT2D eigenvalue weighted by atomic mass is 9.98. The monoisotopic (exact) mass is 405 g/mol. The number of rotatable bonds is 7. The second kappa shape index (κ2) is 9.03. The SMILES string of the molecule is CCCn1ncc(C(=O)N[C@H](Cc2ccccc2)c2ccc3c(c2)OCCO3)c1C. The smallest absolute Gasteiger partial charge is 0.255 e. The van der Waals surface area contributed by atoms with Gasteiger partial charge in [0.15, 0.2) is 11.5 Å². The number of fused-ring (bicyclic) bond motifs is 1. The van der Waals surface area contributed by atoms with Gasteiger partial charge in [-0.15, -0.1) is 0 Å². The van der Waals surface area contributed by atoms with Gasteiger partial charge in [-0.2, -0.15) is 5.10 Å². The largest absolute Gasteiger partial charge is 0.486 e. The van der Waals surface area contributed by atoms with Crippen molar-refractivity contribution in [3.63, 3.8) is 0 Å². The van der Waals surface area contributed by atoms with Crippen molar-refractivity contribution >= 4 is 5.91 Å². The summed E-state index contributed by atoms with van der Waals surface area (Å²) in [6.07, 6.45) is 3.30. The summed E-state index contributed by atoms with van der Waals surface area (Å²) in [5.74, 6) is 1.34. The van der Waals surface area contributed by atoms with E-state index < -0.39 is 0 Å². The summed E-state index contributed by atoms with van der Waals surface area (Å²) < 4.78 is 13.3. The number of hydrogen-bond acceptors (Lipinski definition) is 4. The van der Waals surface area contributed by atoms with Crippen molar-refractivity contribution < 1.29 is 14.3 Å². The first kappa shape index (κ1) is 20.0. The van der Waals surface area contributed by atoms with Crippen LogP contribution in [0.1, 0.15) is 46.6 Å². The maximum atomic E-state index is 13.1. The molecule has 0 unspecified atom stereocenters. The van der Waals surface area contributed by atoms with Crippen LogP contribution in [0, 0.1) is 6.92 Å². The van der Waals surface area contributed by atoms with Crippen LogP contribution in [0.25, 0.3) is 0 Å². The predicted octanol–water partition coefficient (Wildman–Crippen LogP) is 4.09. The Morgan fingerprint density at radius 2 is 1.90 bits per heavy atom. The maximum Gasteiger partial charge on any atom is 0.255 e. The molecular weight excluding hydrogens is 378 g/mol. The van der Waals surface area contributed by atoms with Crippen molar-refractivity contribution in [2.24, 2.45) is 0 Å². The van der Waals surface area contributed by atoms with Gasteiger partial charge in [0.25, 0.3) is 5.91 Å². The second-order valence-corrected chi connectivity index (χ2v) is 7.49. The van der Waals surface area contributed by atoms with E-state index in [1.807, 2.05) is 48.0 Å². The van der Waals surface area contributed by atoms with Crippen LogP contribution in [-0.4, -0.2) is 28.9 Å². The predicted molar refractivity (Wildman–Crippen MR) is 115 cm³/mol. The van der Waals surface area contributed by atoms with Gasteiger partial charge in [0.05, 0.1) is 17.8 Å². The van der Waals surface area contributed by atoms with E-state index in [4.69, 9.17) is 9.47 Å². The van der Waals surface area contributed by atoms with Gasteiger partial charge in [0.2, 0.25) is 0 Å². The number of amides is 1. The molecule has 0 radical (unpaired) electrons. The van der Waals surface area contributed by atoms with Crippen LogP contribution < -0.4 is 14.8 Å². The van der Waals surface area contributed by atoms with Gasteiger partial charge in [0.1, 0.15) is 13.2 Å². The van der Waals surface area contributed by atoms with E-state index in [0.717, 1.165) is 41.3 Å². The lowest BCUT2D eigenvalue weighted by Crippen LogP contribution is -2.30. The van der Waals surface area contributed by atoms with Gasteiger partial charge in [-0.25, -0.2) is 0 Å². The molecule has 6 nitrogen and oxygen atoms in total. The minimum atomic E-state index is -0.204. The molecule has 1 N–H and O–H groups in total. The third-order valence-corrected chi connectivity index (χ3v) is 5.34. The summed E-state index contributed by atoms with van der Waals surface area (Å²) >= 11 is 0. The standard InChI is InChI=1S/C24H27N3O3/c1-3-11-27-17(2)20(16-25-27)24(28)26-21(14-18-7-5-4-6-8-18)19-9-10-22-23(15-19)30-13-12-29-22/h4-10,15-16,21H,3,11-14H2,1-2H3,(H,26,28)/t21-/m1/s1. The first-order chi connectivity index (χ1) is 14.7. The second-order valence-electron chi connectivity index (χ2n) is 7.49. The molecule has 6 heteroatoms. The first-order valence-electron chi connectivity index (χ1n) is 10.4. The molecule has 1 aromatic heterocycles. The fourth-order valence-electron chi connectivity index (χ4n) is 3.72. The molecule has 1 aliphatic heterocycles. The molecule has 30 heavy (non-hydrogen) atoms. The van der Waals surface area contributed by atoms with Crippen LogP contribution in [0.2, 0.25) is 0 Å². The van der Waals surface area contributed by atoms with Crippen LogP contribution in [-0.2, 0) is 13.0 Å². The number of carbonyl (C=O) groups excluding carboxylic acids is 1. The van der Waals surface area contributed by atoms with Crippen molar-refractivity contribution in [1.82, 2.24) is 15.1 Å². The number of ether oxygens (including phenoxy) is 2. The van der Waals surface area contributed by atoms with Crippen molar-refractivity contribution in [1.29, 1.82) is 0 Å². The van der Waals surface area contributed by atoms with Gasteiger partial charge >= 0.3 is 0 Å². The van der Waals surface area contributed by atoms with Crippen LogP contribution in [0.3, 0.4) is 0 Å². The lowest BCUT2D eigenvalue weighted by Gasteiger charge is -2.23. The van der Waals surface area contributed by atoms with Gasteiger partial charge < -0.3 is 14.8 Å². The van der Waals surface area contributed by atoms with E-state index in [-0.39, 0.29) is 11.9 Å². The molecular formula is C24H27N3O3. The number of nitrogens with one attached hydrogen (secondary N) is 1. The highest BCUT2D eigenvalue weighted by molar-refractivity contribution is 5.95. The molecule has 3 aromatic rings. The van der Waals surface area contributed by atoms with Crippen LogP contribution in [0.4, 0.5) is 0 Å². The Hall–Kier alpha value is -3.28. The van der Waals surface area contributed by atoms with Crippen LogP contribution in [0.5, 0.6) is 11.5 Å². The van der Waals surface area contributed by atoms with Crippen molar-refractivity contribution in [3.8, 4) is 11.5 Å². The molecule has 0 fully saturated rings. The van der Waals surface area contributed by atoms with E-state index in [9.17, 15) is 4.79 Å². The molecule has 4 rings (SSSR count). The zero-order chi connectivity index (χ0) is 20.9. The summed E-state index contributed by atoms with van der Waals surface area (Å²) in [5.41, 5.74) is 3.63. The maximum absolute atomic E-state index is 13.1. The molecule has 1 atom stereocenters. The quantitative estimate of drug-likeness (QED) is 0.643. The van der Waals surface area contributed by atoms with Gasteiger partial charge in [-0.1, -0.05) is 43.3 Å². The molecule has 1 amide bonds. The first-order valence-corrected chi connectivity index (χ1v) is 10.4. The highest BCUT2D eigenvalue weighted by Crippen LogP contribution is 2.33. The van der Waals surface area contributed by atoms with E-state index >= 15 is 0 Å². The number of carbonyl (C=O) groups is 1. The number of hydrogen-bond donors (Lipinski definition) is 1. The van der Waals surface area contributed by atoms with E-state index in [1.165, 1.54) is 0 Å². The topological polar surface area (TPSA) is 65.4 Å². The molecule has 0 spiro atoms. The summed E-state index contributed by atoms with van der Waals surface area (Å²) in [4.78, 5) is 13.1. The molecule has 2 heterocycles. The lowest BCUT2D eigenvalue weighted by molar-refractivity contribution is 0.0935. The van der Waals surface area contributed by atoms with E-state index in [1.54, 1.807) is 6.20 Å². The van der Waals surface area contributed by atoms with Crippen molar-refractivity contribution in [2.45, 2.75) is 39.3 Å². The number of nitrogens with zero attached hydrogens (tertiary/aromatic N) is 2. The number of aromatic nitrogens is 2. The Kier molecular flexibility index (Phi) is 6.02. The van der Waals surface area contributed by atoms with Crippen LogP contribution in [0.15, 0.2) is 54.7 Å². The van der Waals surface area contributed by atoms with Crippen LogP contribution >= 0.6 is 0 Å². The molecule has 0 bridgehead atoms. The molecule has 0 aliphatic carbocycles. The average Bonchev–Trinajstić information content (AvgIpc) is 3.14. The Balaban J connectivity index is 1.61. The summed E-state index contributed by atoms with van der Waals surface area (Å²) in [6, 6.07) is 15.8. The Labute approximate surface area is 176 Å². The van der Waals surface area contributed by atoms with E-state index in [2.05, 4.69) is 29.5 Å². The molecule has 2 aromatic carbocycles. The Morgan fingerprint density at radius 3 is 2.67 bits per heavy atom. The summed E-state index contributed by atoms with van der Waals surface area (Å²) in [6.45, 7) is 5.92.